The van der Waals surface area contributed by atoms with Crippen LogP contribution in [0.4, 0.5) is 23.4 Å². The maximum absolute atomic E-state index is 13.6. The number of amides is 2. The average molecular weight is 478 g/mol. The Balaban J connectivity index is 1.66. The Morgan fingerprint density at radius 3 is 2.00 bits per heavy atom. The Hall–Kier alpha value is -3.73. The van der Waals surface area contributed by atoms with Crippen molar-refractivity contribution in [2.75, 3.05) is 5.32 Å². The average Bonchev–Trinajstić information content (AvgIpc) is 3.21. The van der Waals surface area contributed by atoms with Crippen LogP contribution in [0.15, 0.2) is 42.5 Å². The number of nitrogens with one attached hydrogen (secondary N) is 3. The van der Waals surface area contributed by atoms with Gasteiger partial charge in [-0.25, -0.2) is 17.6 Å². The summed E-state index contributed by atoms with van der Waals surface area (Å²) in [6.07, 6.45) is -1.90. The van der Waals surface area contributed by atoms with E-state index in [1.165, 1.54) is 25.1 Å². The Morgan fingerprint density at radius 1 is 0.912 bits per heavy atom. The van der Waals surface area contributed by atoms with Crippen molar-refractivity contribution in [2.24, 2.45) is 0 Å². The monoisotopic (exact) mass is 478 g/mol. The zero-order chi connectivity index (χ0) is 25.2. The standard InChI is InChI=1S/C23H22F4N4O3/c1-11(28-22(34)20(32)12-4-14(24)8-15(25)5-12)21(33)29-19-10-18(30-31-19)23(2,3)13-6-16(26)9-17(27)7-13/h4-11,20,32H,1-3H3,(H,28,34)(H2,29,30,31,33)/t11-,20+/m0/s1. The molecule has 3 rings (SSSR count). The largest absolute Gasteiger partial charge is 0.378 e. The lowest BCUT2D eigenvalue weighted by molar-refractivity contribution is -0.132. The normalized spacial score (nSPS) is 13.3. The number of aromatic nitrogens is 2. The first-order valence-corrected chi connectivity index (χ1v) is 10.1. The number of aliphatic hydroxyl groups excluding tert-OH is 1. The lowest BCUT2D eigenvalue weighted by Crippen LogP contribution is -2.43. The Morgan fingerprint density at radius 2 is 1.44 bits per heavy atom. The van der Waals surface area contributed by atoms with E-state index in [2.05, 4.69) is 20.8 Å². The maximum Gasteiger partial charge on any atom is 0.254 e. The van der Waals surface area contributed by atoms with Crippen molar-refractivity contribution in [1.82, 2.24) is 15.5 Å². The van der Waals surface area contributed by atoms with Crippen molar-refractivity contribution in [3.05, 3.63) is 82.6 Å². The third kappa shape index (κ3) is 5.60. The smallest absolute Gasteiger partial charge is 0.254 e. The van der Waals surface area contributed by atoms with Crippen LogP contribution in [-0.2, 0) is 15.0 Å². The van der Waals surface area contributed by atoms with Gasteiger partial charge in [0.15, 0.2) is 6.10 Å². The number of H-pyrrole nitrogens is 1. The van der Waals surface area contributed by atoms with Crippen LogP contribution in [0.1, 0.15) is 43.7 Å². The first-order chi connectivity index (χ1) is 15.9. The summed E-state index contributed by atoms with van der Waals surface area (Å²) in [5.41, 5.74) is -0.505. The summed E-state index contributed by atoms with van der Waals surface area (Å²) in [5, 5.41) is 21.5. The number of carbonyl (C=O) groups excluding carboxylic acids is 2. The minimum absolute atomic E-state index is 0.152. The lowest BCUT2D eigenvalue weighted by Gasteiger charge is -2.23. The molecule has 0 unspecified atom stereocenters. The van der Waals surface area contributed by atoms with Crippen LogP contribution in [0.3, 0.4) is 0 Å². The molecule has 3 aromatic rings. The lowest BCUT2D eigenvalue weighted by atomic mass is 9.81. The summed E-state index contributed by atoms with van der Waals surface area (Å²) in [6, 6.07) is 5.65. The van der Waals surface area contributed by atoms with Gasteiger partial charge in [0.1, 0.15) is 35.1 Å². The van der Waals surface area contributed by atoms with Crippen LogP contribution in [0, 0.1) is 23.3 Å². The number of anilines is 1. The summed E-state index contributed by atoms with van der Waals surface area (Å²) in [6.45, 7) is 4.73. The maximum atomic E-state index is 13.6. The number of carbonyl (C=O) groups is 2. The predicted octanol–water partition coefficient (Wildman–Crippen LogP) is 3.47. The van der Waals surface area contributed by atoms with E-state index >= 15 is 0 Å². The molecule has 2 amide bonds. The van der Waals surface area contributed by atoms with Gasteiger partial charge in [-0.05, 0) is 42.3 Å². The van der Waals surface area contributed by atoms with Gasteiger partial charge in [-0.15, -0.1) is 0 Å². The number of hydrogen-bond donors (Lipinski definition) is 4. The van der Waals surface area contributed by atoms with E-state index in [1.807, 2.05) is 0 Å². The number of nitrogens with zero attached hydrogens (tertiary/aromatic N) is 1. The van der Waals surface area contributed by atoms with Crippen LogP contribution in [0.25, 0.3) is 0 Å². The molecule has 1 aromatic heterocycles. The summed E-state index contributed by atoms with van der Waals surface area (Å²) < 4.78 is 53.9. The molecule has 34 heavy (non-hydrogen) atoms. The van der Waals surface area contributed by atoms with Gasteiger partial charge in [0.05, 0.1) is 5.69 Å². The van der Waals surface area contributed by atoms with E-state index in [0.29, 0.717) is 17.3 Å². The third-order valence-electron chi connectivity index (χ3n) is 5.26. The van der Waals surface area contributed by atoms with Gasteiger partial charge in [-0.1, -0.05) is 13.8 Å². The van der Waals surface area contributed by atoms with Crippen molar-refractivity contribution in [2.45, 2.75) is 38.3 Å². The van der Waals surface area contributed by atoms with Gasteiger partial charge in [0.2, 0.25) is 5.91 Å². The molecule has 0 aliphatic heterocycles. The first kappa shape index (κ1) is 24.9. The SMILES string of the molecule is C[C@H](NC(=O)[C@H](O)c1cc(F)cc(F)c1)C(=O)Nc1cc(C(C)(C)c2cc(F)cc(F)c2)n[nH]1. The molecule has 4 N–H and O–H groups in total. The molecule has 2 aromatic carbocycles. The van der Waals surface area contributed by atoms with Crippen LogP contribution in [-0.4, -0.2) is 33.2 Å². The summed E-state index contributed by atoms with van der Waals surface area (Å²) >= 11 is 0. The van der Waals surface area contributed by atoms with E-state index in [0.717, 1.165) is 18.2 Å². The highest BCUT2D eigenvalue weighted by molar-refractivity contribution is 5.97. The highest BCUT2D eigenvalue weighted by Gasteiger charge is 2.28. The number of halogens is 4. The minimum atomic E-state index is -1.90. The topological polar surface area (TPSA) is 107 Å². The molecule has 180 valence electrons. The molecule has 0 aliphatic carbocycles. The Bertz CT molecular complexity index is 1190. The molecule has 0 fully saturated rings. The minimum Gasteiger partial charge on any atom is -0.378 e. The quantitative estimate of drug-likeness (QED) is 0.390. The zero-order valence-corrected chi connectivity index (χ0v) is 18.4. The zero-order valence-electron chi connectivity index (χ0n) is 18.4. The van der Waals surface area contributed by atoms with Gasteiger partial charge in [-0.3, -0.25) is 14.7 Å². The van der Waals surface area contributed by atoms with Gasteiger partial charge in [0, 0.05) is 23.6 Å². The summed E-state index contributed by atoms with van der Waals surface area (Å²) in [7, 11) is 0. The number of benzene rings is 2. The van der Waals surface area contributed by atoms with E-state index < -0.39 is 52.6 Å². The van der Waals surface area contributed by atoms with E-state index in [1.54, 1.807) is 13.8 Å². The van der Waals surface area contributed by atoms with E-state index in [-0.39, 0.29) is 11.4 Å². The molecule has 0 aliphatic rings. The number of hydrogen-bond acceptors (Lipinski definition) is 4. The van der Waals surface area contributed by atoms with Crippen LogP contribution < -0.4 is 10.6 Å². The fourth-order valence-electron chi connectivity index (χ4n) is 3.25. The molecule has 0 radical (unpaired) electrons. The van der Waals surface area contributed by atoms with E-state index in [4.69, 9.17) is 0 Å². The predicted molar refractivity (Wildman–Crippen MR) is 115 cm³/mol. The molecular weight excluding hydrogens is 456 g/mol. The molecular formula is C23H22F4N4O3. The van der Waals surface area contributed by atoms with Crippen molar-refractivity contribution in [3.8, 4) is 0 Å². The molecule has 0 saturated heterocycles. The number of aromatic amines is 1. The molecule has 0 spiro atoms. The summed E-state index contributed by atoms with van der Waals surface area (Å²) in [4.78, 5) is 24.7. The van der Waals surface area contributed by atoms with Crippen molar-refractivity contribution < 1.29 is 32.3 Å². The Kier molecular flexibility index (Phi) is 7.06. The highest BCUT2D eigenvalue weighted by Crippen LogP contribution is 2.32. The molecule has 0 bridgehead atoms. The fourth-order valence-corrected chi connectivity index (χ4v) is 3.25. The molecule has 7 nitrogen and oxygen atoms in total. The van der Waals surface area contributed by atoms with Crippen molar-refractivity contribution >= 4 is 17.6 Å². The van der Waals surface area contributed by atoms with Gasteiger partial charge < -0.3 is 15.7 Å². The second-order valence-electron chi connectivity index (χ2n) is 8.27. The number of rotatable bonds is 7. The van der Waals surface area contributed by atoms with Gasteiger partial charge in [-0.2, -0.15) is 5.10 Å². The van der Waals surface area contributed by atoms with Crippen LogP contribution in [0.5, 0.6) is 0 Å². The van der Waals surface area contributed by atoms with Crippen LogP contribution >= 0.6 is 0 Å². The summed E-state index contributed by atoms with van der Waals surface area (Å²) in [5.74, 6) is -4.97. The molecule has 0 saturated carbocycles. The fraction of sp³-hybridized carbons (Fsp3) is 0.261. The first-order valence-electron chi connectivity index (χ1n) is 10.1. The van der Waals surface area contributed by atoms with Crippen molar-refractivity contribution in [3.63, 3.8) is 0 Å². The van der Waals surface area contributed by atoms with Gasteiger partial charge >= 0.3 is 0 Å². The second-order valence-corrected chi connectivity index (χ2v) is 8.27. The molecule has 11 heteroatoms. The number of aliphatic hydroxyl groups is 1. The van der Waals surface area contributed by atoms with Gasteiger partial charge in [0.25, 0.3) is 5.91 Å². The third-order valence-corrected chi connectivity index (χ3v) is 5.26. The highest BCUT2D eigenvalue weighted by atomic mass is 19.1. The van der Waals surface area contributed by atoms with Crippen LogP contribution in [0.2, 0.25) is 0 Å². The molecule has 1 heterocycles. The second kappa shape index (κ2) is 9.64. The van der Waals surface area contributed by atoms with E-state index in [9.17, 15) is 32.3 Å². The Labute approximate surface area is 192 Å². The van der Waals surface area contributed by atoms with Crippen molar-refractivity contribution in [1.29, 1.82) is 0 Å². The molecule has 2 atom stereocenters.